The van der Waals surface area contributed by atoms with E-state index in [2.05, 4.69) is 20.6 Å². The largest absolute Gasteiger partial charge is 0.343 e. The average Bonchev–Trinajstić information content (AvgIpc) is 3.28. The number of hydrogen-bond acceptors (Lipinski definition) is 6. The lowest BCUT2D eigenvalue weighted by molar-refractivity contribution is 0.0943. The number of carbonyl (C=O) groups excluding carboxylic acids is 1. The summed E-state index contributed by atoms with van der Waals surface area (Å²) in [5.74, 6) is 0.645. The molecule has 8 heteroatoms. The van der Waals surface area contributed by atoms with Crippen LogP contribution in [0, 0.1) is 0 Å². The molecule has 1 N–H and O–H groups in total. The van der Waals surface area contributed by atoms with Crippen molar-refractivity contribution in [2.45, 2.75) is 24.9 Å². The number of amides is 1. The lowest BCUT2D eigenvalue weighted by atomic mass is 10.2. The van der Waals surface area contributed by atoms with E-state index >= 15 is 0 Å². The van der Waals surface area contributed by atoms with Gasteiger partial charge in [-0.3, -0.25) is 9.48 Å². The first-order valence-electron chi connectivity index (χ1n) is 7.48. The summed E-state index contributed by atoms with van der Waals surface area (Å²) < 4.78 is 6.97. The van der Waals surface area contributed by atoms with Crippen LogP contribution < -0.4 is 5.32 Å². The van der Waals surface area contributed by atoms with Crippen LogP contribution in [0.15, 0.2) is 46.1 Å². The van der Waals surface area contributed by atoms with E-state index in [1.807, 2.05) is 37.6 Å². The van der Waals surface area contributed by atoms with Crippen molar-refractivity contribution in [2.75, 3.05) is 6.26 Å². The summed E-state index contributed by atoms with van der Waals surface area (Å²) in [6.45, 7) is 2.95. The molecule has 1 amide bonds. The molecule has 3 aromatic rings. The fraction of sp³-hybridized carbons (Fsp3) is 0.250. The quantitative estimate of drug-likeness (QED) is 0.693. The van der Waals surface area contributed by atoms with Crippen molar-refractivity contribution < 1.29 is 9.32 Å². The van der Waals surface area contributed by atoms with Gasteiger partial charge < -0.3 is 9.84 Å². The van der Waals surface area contributed by atoms with Crippen molar-refractivity contribution in [2.24, 2.45) is 0 Å². The number of aromatic nitrogens is 4. The molecule has 0 fully saturated rings. The summed E-state index contributed by atoms with van der Waals surface area (Å²) in [6.07, 6.45) is 5.47. The van der Waals surface area contributed by atoms with E-state index in [4.69, 9.17) is 4.52 Å². The molecule has 0 saturated heterocycles. The zero-order valence-corrected chi connectivity index (χ0v) is 14.2. The monoisotopic (exact) mass is 343 g/mol. The molecule has 0 spiro atoms. The van der Waals surface area contributed by atoms with E-state index in [9.17, 15) is 4.79 Å². The van der Waals surface area contributed by atoms with Crippen LogP contribution in [-0.2, 0) is 13.1 Å². The van der Waals surface area contributed by atoms with Crippen molar-refractivity contribution in [1.82, 2.24) is 25.2 Å². The molecule has 24 heavy (non-hydrogen) atoms. The van der Waals surface area contributed by atoms with Gasteiger partial charge in [0.15, 0.2) is 0 Å². The Kier molecular flexibility index (Phi) is 4.95. The van der Waals surface area contributed by atoms with Gasteiger partial charge in [0.2, 0.25) is 11.7 Å². The van der Waals surface area contributed by atoms with Crippen molar-refractivity contribution in [1.29, 1.82) is 0 Å². The van der Waals surface area contributed by atoms with Gasteiger partial charge in [0.05, 0.1) is 23.9 Å². The lowest BCUT2D eigenvalue weighted by Gasteiger charge is -2.06. The third-order valence-corrected chi connectivity index (χ3v) is 4.23. The Morgan fingerprint density at radius 2 is 2.21 bits per heavy atom. The van der Waals surface area contributed by atoms with Crippen molar-refractivity contribution in [3.63, 3.8) is 0 Å². The smallest absolute Gasteiger partial charge is 0.252 e. The normalized spacial score (nSPS) is 10.8. The second kappa shape index (κ2) is 7.31. The van der Waals surface area contributed by atoms with Crippen LogP contribution in [-0.4, -0.2) is 32.1 Å². The summed E-state index contributed by atoms with van der Waals surface area (Å²) in [4.78, 5) is 17.5. The Bertz CT molecular complexity index is 842. The Morgan fingerprint density at radius 3 is 2.96 bits per heavy atom. The Morgan fingerprint density at radius 1 is 1.38 bits per heavy atom. The summed E-state index contributed by atoms with van der Waals surface area (Å²) in [5.41, 5.74) is 1.42. The molecule has 0 aliphatic rings. The Hall–Kier alpha value is -2.61. The predicted octanol–water partition coefficient (Wildman–Crippen LogP) is 2.60. The van der Waals surface area contributed by atoms with E-state index in [0.29, 0.717) is 17.3 Å². The van der Waals surface area contributed by atoms with E-state index in [-0.39, 0.29) is 12.5 Å². The van der Waals surface area contributed by atoms with Crippen LogP contribution in [0.3, 0.4) is 0 Å². The summed E-state index contributed by atoms with van der Waals surface area (Å²) in [7, 11) is 0. The highest BCUT2D eigenvalue weighted by atomic mass is 32.2. The van der Waals surface area contributed by atoms with E-state index < -0.39 is 0 Å². The maximum absolute atomic E-state index is 12.3. The third kappa shape index (κ3) is 3.48. The fourth-order valence-corrected chi connectivity index (χ4v) is 2.77. The molecule has 0 unspecified atom stereocenters. The van der Waals surface area contributed by atoms with Gasteiger partial charge in [-0.05, 0) is 25.3 Å². The minimum absolute atomic E-state index is 0.168. The Labute approximate surface area is 143 Å². The highest BCUT2D eigenvalue weighted by molar-refractivity contribution is 7.98. The van der Waals surface area contributed by atoms with E-state index in [1.54, 1.807) is 16.9 Å². The van der Waals surface area contributed by atoms with Gasteiger partial charge in [-0.15, -0.1) is 11.8 Å². The van der Waals surface area contributed by atoms with Gasteiger partial charge >= 0.3 is 0 Å². The standard InChI is InChI=1S/C16H17N5O2S/c1-3-21-10-11(8-18-21)15-19-14(23-20-15)9-17-16(22)12-6-4-5-7-13(12)24-2/h4-8,10H,3,9H2,1-2H3,(H,17,22). The second-order valence-electron chi connectivity index (χ2n) is 4.98. The fourth-order valence-electron chi connectivity index (χ4n) is 2.18. The number of carbonyl (C=O) groups is 1. The van der Waals surface area contributed by atoms with Crippen LogP contribution in [0.25, 0.3) is 11.4 Å². The zero-order valence-electron chi connectivity index (χ0n) is 13.4. The van der Waals surface area contributed by atoms with Crippen LogP contribution in [0.5, 0.6) is 0 Å². The van der Waals surface area contributed by atoms with E-state index in [0.717, 1.165) is 17.0 Å². The lowest BCUT2D eigenvalue weighted by Crippen LogP contribution is -2.23. The van der Waals surface area contributed by atoms with Gasteiger partial charge in [-0.1, -0.05) is 17.3 Å². The summed E-state index contributed by atoms with van der Waals surface area (Å²) >= 11 is 1.53. The molecule has 0 aliphatic heterocycles. The molecule has 0 bridgehead atoms. The summed E-state index contributed by atoms with van der Waals surface area (Å²) in [5, 5.41) is 10.9. The predicted molar refractivity (Wildman–Crippen MR) is 90.6 cm³/mol. The number of aryl methyl sites for hydroxylation is 1. The topological polar surface area (TPSA) is 85.8 Å². The molecule has 0 atom stereocenters. The zero-order chi connectivity index (χ0) is 16.9. The van der Waals surface area contributed by atoms with Gasteiger partial charge in [-0.25, -0.2) is 0 Å². The number of benzene rings is 1. The van der Waals surface area contributed by atoms with Crippen LogP contribution in [0.4, 0.5) is 0 Å². The highest BCUT2D eigenvalue weighted by Gasteiger charge is 2.14. The van der Waals surface area contributed by atoms with Gasteiger partial charge in [0.1, 0.15) is 0 Å². The first-order valence-corrected chi connectivity index (χ1v) is 8.70. The molecule has 124 valence electrons. The van der Waals surface area contributed by atoms with Crippen LogP contribution >= 0.6 is 11.8 Å². The molecule has 3 rings (SSSR count). The highest BCUT2D eigenvalue weighted by Crippen LogP contribution is 2.20. The van der Waals surface area contributed by atoms with Gasteiger partial charge in [-0.2, -0.15) is 10.1 Å². The van der Waals surface area contributed by atoms with Crippen molar-refractivity contribution in [3.05, 3.63) is 48.1 Å². The number of rotatable bonds is 6. The molecule has 0 aliphatic carbocycles. The maximum Gasteiger partial charge on any atom is 0.252 e. The molecule has 7 nitrogen and oxygen atoms in total. The maximum atomic E-state index is 12.3. The van der Waals surface area contributed by atoms with Crippen LogP contribution in [0.1, 0.15) is 23.2 Å². The summed E-state index contributed by atoms with van der Waals surface area (Å²) in [6, 6.07) is 7.45. The van der Waals surface area contributed by atoms with Crippen molar-refractivity contribution in [3.8, 4) is 11.4 Å². The number of thioether (sulfide) groups is 1. The molecule has 0 radical (unpaired) electrons. The molecule has 2 heterocycles. The van der Waals surface area contributed by atoms with E-state index in [1.165, 1.54) is 11.8 Å². The first-order chi connectivity index (χ1) is 11.7. The third-order valence-electron chi connectivity index (χ3n) is 3.44. The van der Waals surface area contributed by atoms with Crippen molar-refractivity contribution >= 4 is 17.7 Å². The number of hydrogen-bond donors (Lipinski definition) is 1. The van der Waals surface area contributed by atoms with Gasteiger partial charge in [0, 0.05) is 17.6 Å². The molecule has 1 aromatic carbocycles. The molecule has 2 aromatic heterocycles. The minimum atomic E-state index is -0.168. The van der Waals surface area contributed by atoms with Gasteiger partial charge in [0.25, 0.3) is 5.91 Å². The number of nitrogens with zero attached hydrogens (tertiary/aromatic N) is 4. The second-order valence-corrected chi connectivity index (χ2v) is 5.83. The Balaban J connectivity index is 1.66. The average molecular weight is 343 g/mol. The first kappa shape index (κ1) is 16.3. The SMILES string of the molecule is CCn1cc(-c2noc(CNC(=O)c3ccccc3SC)n2)cn1. The molecular weight excluding hydrogens is 326 g/mol. The molecular formula is C16H17N5O2S. The number of nitrogens with one attached hydrogen (secondary N) is 1. The minimum Gasteiger partial charge on any atom is -0.343 e. The molecule has 0 saturated carbocycles. The van der Waals surface area contributed by atoms with Crippen LogP contribution in [0.2, 0.25) is 0 Å².